The Hall–Kier alpha value is -2.10. The van der Waals surface area contributed by atoms with Gasteiger partial charge in [-0.05, 0) is 31.7 Å². The second-order valence-electron chi connectivity index (χ2n) is 6.14. The predicted molar refractivity (Wildman–Crippen MR) is 88.0 cm³/mol. The third kappa shape index (κ3) is 2.46. The number of amidine groups is 1. The summed E-state index contributed by atoms with van der Waals surface area (Å²) >= 11 is 0. The van der Waals surface area contributed by atoms with Gasteiger partial charge in [-0.1, -0.05) is 25.1 Å². The summed E-state index contributed by atoms with van der Waals surface area (Å²) in [7, 11) is 0. The van der Waals surface area contributed by atoms with Crippen molar-refractivity contribution in [1.29, 1.82) is 5.41 Å². The first-order valence-corrected chi connectivity index (χ1v) is 7.56. The van der Waals surface area contributed by atoms with E-state index >= 15 is 0 Å². The number of anilines is 1. The van der Waals surface area contributed by atoms with Crippen molar-refractivity contribution < 1.29 is 0 Å². The SMILES string of the molecule is CC1CCC(C)N(c2c(C(=N)N)cnc3ccccc23)C1. The minimum Gasteiger partial charge on any atom is -0.384 e. The quantitative estimate of drug-likeness (QED) is 0.657. The molecule has 2 atom stereocenters. The van der Waals surface area contributed by atoms with Crippen molar-refractivity contribution in [1.82, 2.24) is 4.98 Å². The number of hydrogen-bond donors (Lipinski definition) is 2. The number of fused-ring (bicyclic) bond motifs is 1. The number of hydrogen-bond acceptors (Lipinski definition) is 3. The van der Waals surface area contributed by atoms with Crippen LogP contribution < -0.4 is 10.6 Å². The number of nitrogen functional groups attached to an aromatic ring is 1. The topological polar surface area (TPSA) is 66.0 Å². The van der Waals surface area contributed by atoms with Crippen LogP contribution in [0.4, 0.5) is 5.69 Å². The Bertz CT molecular complexity index is 680. The molecule has 2 unspecified atom stereocenters. The predicted octanol–water partition coefficient (Wildman–Crippen LogP) is 3.14. The molecule has 21 heavy (non-hydrogen) atoms. The first-order valence-electron chi connectivity index (χ1n) is 7.56. The molecule has 1 aromatic carbocycles. The zero-order chi connectivity index (χ0) is 15.0. The van der Waals surface area contributed by atoms with Crippen LogP contribution in [0.25, 0.3) is 10.9 Å². The van der Waals surface area contributed by atoms with Gasteiger partial charge in [0.2, 0.25) is 0 Å². The minimum atomic E-state index is 0.0914. The largest absolute Gasteiger partial charge is 0.384 e. The van der Waals surface area contributed by atoms with Crippen LogP contribution in [0, 0.1) is 11.3 Å². The molecule has 0 saturated carbocycles. The highest BCUT2D eigenvalue weighted by Crippen LogP contribution is 2.35. The van der Waals surface area contributed by atoms with Gasteiger partial charge >= 0.3 is 0 Å². The lowest BCUT2D eigenvalue weighted by atomic mass is 9.93. The lowest BCUT2D eigenvalue weighted by Crippen LogP contribution is -2.42. The van der Waals surface area contributed by atoms with Gasteiger partial charge in [-0.25, -0.2) is 0 Å². The molecular formula is C17H22N4. The summed E-state index contributed by atoms with van der Waals surface area (Å²) in [5.74, 6) is 0.751. The van der Waals surface area contributed by atoms with Gasteiger partial charge in [0.05, 0.1) is 16.8 Å². The van der Waals surface area contributed by atoms with Gasteiger partial charge < -0.3 is 10.6 Å². The van der Waals surface area contributed by atoms with Gasteiger partial charge in [-0.2, -0.15) is 0 Å². The molecule has 110 valence electrons. The standard InChI is InChI=1S/C17H22N4/c1-11-7-8-12(2)21(10-11)16-13-5-3-4-6-15(13)20-9-14(16)17(18)19/h3-6,9,11-12H,7-8,10H2,1-2H3,(H3,18,19). The third-order valence-corrected chi connectivity index (χ3v) is 4.44. The summed E-state index contributed by atoms with van der Waals surface area (Å²) in [6.45, 7) is 5.55. The Kier molecular flexibility index (Phi) is 3.53. The highest BCUT2D eigenvalue weighted by atomic mass is 15.2. The molecule has 0 amide bonds. The molecular weight excluding hydrogens is 260 g/mol. The van der Waals surface area contributed by atoms with Gasteiger partial charge in [0, 0.05) is 24.2 Å². The van der Waals surface area contributed by atoms with Gasteiger partial charge in [-0.15, -0.1) is 0 Å². The van der Waals surface area contributed by atoms with Crippen LogP contribution in [0.3, 0.4) is 0 Å². The normalized spacial score (nSPS) is 22.5. The number of nitrogens with zero attached hydrogens (tertiary/aromatic N) is 2. The maximum atomic E-state index is 7.90. The number of aromatic nitrogens is 1. The van der Waals surface area contributed by atoms with Crippen LogP contribution in [0.1, 0.15) is 32.3 Å². The van der Waals surface area contributed by atoms with Crippen molar-refractivity contribution in [2.45, 2.75) is 32.7 Å². The second-order valence-corrected chi connectivity index (χ2v) is 6.14. The first kappa shape index (κ1) is 13.9. The molecule has 0 aliphatic carbocycles. The van der Waals surface area contributed by atoms with Crippen molar-refractivity contribution in [3.63, 3.8) is 0 Å². The number of benzene rings is 1. The van der Waals surface area contributed by atoms with Gasteiger partial charge in [0.15, 0.2) is 0 Å². The molecule has 3 N–H and O–H groups in total. The number of nitrogens with one attached hydrogen (secondary N) is 1. The maximum absolute atomic E-state index is 7.90. The molecule has 0 radical (unpaired) electrons. The molecule has 1 aliphatic heterocycles. The Balaban J connectivity index is 2.22. The molecule has 4 nitrogen and oxygen atoms in total. The Morgan fingerprint density at radius 3 is 2.81 bits per heavy atom. The lowest BCUT2D eigenvalue weighted by molar-refractivity contribution is 0.391. The zero-order valence-corrected chi connectivity index (χ0v) is 12.6. The summed E-state index contributed by atoms with van der Waals surface area (Å²) in [6.07, 6.45) is 4.18. The van der Waals surface area contributed by atoms with Crippen LogP contribution in [0.2, 0.25) is 0 Å². The van der Waals surface area contributed by atoms with Gasteiger partial charge in [-0.3, -0.25) is 10.4 Å². The fourth-order valence-electron chi connectivity index (χ4n) is 3.23. The van der Waals surface area contributed by atoms with E-state index in [1.165, 1.54) is 12.8 Å². The molecule has 1 aliphatic rings. The fraction of sp³-hybridized carbons (Fsp3) is 0.412. The van der Waals surface area contributed by atoms with Crippen molar-refractivity contribution in [2.75, 3.05) is 11.4 Å². The summed E-state index contributed by atoms with van der Waals surface area (Å²) in [5, 5.41) is 8.99. The van der Waals surface area contributed by atoms with E-state index in [2.05, 4.69) is 29.8 Å². The van der Waals surface area contributed by atoms with Crippen molar-refractivity contribution in [2.24, 2.45) is 11.7 Å². The average molecular weight is 282 g/mol. The molecule has 1 saturated heterocycles. The lowest BCUT2D eigenvalue weighted by Gasteiger charge is -2.40. The first-order chi connectivity index (χ1) is 10.1. The molecule has 2 aromatic rings. The third-order valence-electron chi connectivity index (χ3n) is 4.44. The van der Waals surface area contributed by atoms with Crippen LogP contribution in [0.15, 0.2) is 30.5 Å². The Morgan fingerprint density at radius 1 is 1.29 bits per heavy atom. The van der Waals surface area contributed by atoms with Gasteiger partial charge in [0.1, 0.15) is 5.84 Å². The van der Waals surface area contributed by atoms with E-state index < -0.39 is 0 Å². The molecule has 0 spiro atoms. The Morgan fingerprint density at radius 2 is 2.05 bits per heavy atom. The molecule has 1 aromatic heterocycles. The number of rotatable bonds is 2. The van der Waals surface area contributed by atoms with E-state index in [4.69, 9.17) is 11.1 Å². The average Bonchev–Trinajstić information content (AvgIpc) is 2.48. The van der Waals surface area contributed by atoms with E-state index in [9.17, 15) is 0 Å². The molecule has 0 bridgehead atoms. The van der Waals surface area contributed by atoms with E-state index in [1.807, 2.05) is 18.2 Å². The summed E-state index contributed by atoms with van der Waals surface area (Å²) in [4.78, 5) is 6.87. The van der Waals surface area contributed by atoms with Crippen LogP contribution in [0.5, 0.6) is 0 Å². The van der Waals surface area contributed by atoms with E-state index in [0.29, 0.717) is 12.0 Å². The van der Waals surface area contributed by atoms with E-state index in [1.54, 1.807) is 6.20 Å². The van der Waals surface area contributed by atoms with Gasteiger partial charge in [0.25, 0.3) is 0 Å². The monoisotopic (exact) mass is 282 g/mol. The highest BCUT2D eigenvalue weighted by molar-refractivity contribution is 6.07. The molecule has 2 heterocycles. The molecule has 3 rings (SSSR count). The zero-order valence-electron chi connectivity index (χ0n) is 12.6. The second kappa shape index (κ2) is 5.35. The maximum Gasteiger partial charge on any atom is 0.126 e. The smallest absolute Gasteiger partial charge is 0.126 e. The van der Waals surface area contributed by atoms with Crippen molar-refractivity contribution in [3.8, 4) is 0 Å². The number of pyridine rings is 1. The van der Waals surface area contributed by atoms with Crippen molar-refractivity contribution >= 4 is 22.4 Å². The number of piperidine rings is 1. The number of nitrogens with two attached hydrogens (primary N) is 1. The van der Waals surface area contributed by atoms with E-state index in [0.717, 1.165) is 28.7 Å². The van der Waals surface area contributed by atoms with Crippen molar-refractivity contribution in [3.05, 3.63) is 36.0 Å². The van der Waals surface area contributed by atoms with Crippen LogP contribution >= 0.6 is 0 Å². The number of para-hydroxylation sites is 1. The minimum absolute atomic E-state index is 0.0914. The summed E-state index contributed by atoms with van der Waals surface area (Å²) in [5.41, 5.74) is 8.59. The van der Waals surface area contributed by atoms with E-state index in [-0.39, 0.29) is 5.84 Å². The van der Waals surface area contributed by atoms with Crippen LogP contribution in [-0.2, 0) is 0 Å². The Labute approximate surface area is 125 Å². The molecule has 1 fully saturated rings. The summed E-state index contributed by atoms with van der Waals surface area (Å²) < 4.78 is 0. The van der Waals surface area contributed by atoms with Crippen LogP contribution in [-0.4, -0.2) is 23.4 Å². The summed E-state index contributed by atoms with van der Waals surface area (Å²) in [6, 6.07) is 8.58. The fourth-order valence-corrected chi connectivity index (χ4v) is 3.23. The highest BCUT2D eigenvalue weighted by Gasteiger charge is 2.27. The molecule has 4 heteroatoms.